The maximum Gasteiger partial charge on any atom is 0.269 e. The fourth-order valence-electron chi connectivity index (χ4n) is 1.98. The molecule has 0 aliphatic rings. The van der Waals surface area contributed by atoms with E-state index in [1.807, 2.05) is 24.3 Å². The minimum absolute atomic E-state index is 0.180. The molecule has 0 aliphatic carbocycles. The number of rotatable bonds is 8. The van der Waals surface area contributed by atoms with Gasteiger partial charge in [-0.15, -0.1) is 5.10 Å². The van der Waals surface area contributed by atoms with Crippen molar-refractivity contribution in [3.05, 3.63) is 34.8 Å². The van der Waals surface area contributed by atoms with Crippen LogP contribution < -0.4 is 10.1 Å². The lowest BCUT2D eigenvalue weighted by molar-refractivity contribution is 0.103. The zero-order valence-corrected chi connectivity index (χ0v) is 13.8. The third-order valence-electron chi connectivity index (χ3n) is 3.24. The summed E-state index contributed by atoms with van der Waals surface area (Å²) in [6.45, 7) is 4.70. The van der Waals surface area contributed by atoms with E-state index in [1.165, 1.54) is 19.3 Å². The van der Waals surface area contributed by atoms with Crippen LogP contribution in [0.1, 0.15) is 48.0 Å². The molecule has 1 amide bonds. The first-order valence-corrected chi connectivity index (χ1v) is 8.31. The molecule has 0 atom stereocenters. The molecule has 6 heteroatoms. The summed E-state index contributed by atoms with van der Waals surface area (Å²) in [6.07, 6.45) is 4.75. The quantitative estimate of drug-likeness (QED) is 0.745. The zero-order chi connectivity index (χ0) is 15.8. The van der Waals surface area contributed by atoms with Crippen LogP contribution in [-0.2, 0) is 0 Å². The van der Waals surface area contributed by atoms with E-state index in [0.29, 0.717) is 10.6 Å². The van der Waals surface area contributed by atoms with Gasteiger partial charge in [0.1, 0.15) is 10.6 Å². The normalized spacial score (nSPS) is 10.5. The average Bonchev–Trinajstić information content (AvgIpc) is 2.95. The number of amides is 1. The predicted molar refractivity (Wildman–Crippen MR) is 88.7 cm³/mol. The number of nitrogens with zero attached hydrogens (tertiary/aromatic N) is 2. The summed E-state index contributed by atoms with van der Waals surface area (Å²) in [5.41, 5.74) is 1.38. The number of ether oxygens (including phenoxy) is 1. The smallest absolute Gasteiger partial charge is 0.269 e. The number of nitrogens with one attached hydrogen (secondary N) is 1. The van der Waals surface area contributed by atoms with Crippen molar-refractivity contribution in [2.45, 2.75) is 39.5 Å². The third-order valence-corrected chi connectivity index (χ3v) is 4.06. The van der Waals surface area contributed by atoms with E-state index >= 15 is 0 Å². The first-order chi connectivity index (χ1) is 10.7. The molecule has 1 heterocycles. The molecule has 0 unspecified atom stereocenters. The second kappa shape index (κ2) is 8.48. The standard InChI is InChI=1S/C16H21N3O2S/c1-3-4-5-6-11-21-14-9-7-13(8-10-14)17-16(20)15-12(2)18-19-22-15/h7-10H,3-6,11H2,1-2H3,(H,17,20). The van der Waals surface area contributed by atoms with Crippen LogP contribution >= 0.6 is 11.5 Å². The monoisotopic (exact) mass is 319 g/mol. The maximum atomic E-state index is 12.0. The van der Waals surface area contributed by atoms with Crippen LogP contribution in [0.25, 0.3) is 0 Å². The summed E-state index contributed by atoms with van der Waals surface area (Å²) in [5, 5.41) is 6.67. The SMILES string of the molecule is CCCCCCOc1ccc(NC(=O)c2snnc2C)cc1. The van der Waals surface area contributed by atoms with Gasteiger partial charge in [-0.05, 0) is 49.1 Å². The molecule has 22 heavy (non-hydrogen) atoms. The molecule has 1 N–H and O–H groups in total. The fourth-order valence-corrected chi connectivity index (χ4v) is 2.53. The number of aromatic nitrogens is 2. The van der Waals surface area contributed by atoms with Gasteiger partial charge in [-0.1, -0.05) is 30.7 Å². The molecule has 1 aromatic carbocycles. The molecule has 1 aromatic heterocycles. The molecule has 2 rings (SSSR count). The van der Waals surface area contributed by atoms with Gasteiger partial charge >= 0.3 is 0 Å². The topological polar surface area (TPSA) is 64.1 Å². The summed E-state index contributed by atoms with van der Waals surface area (Å²) in [6, 6.07) is 7.41. The van der Waals surface area contributed by atoms with Crippen molar-refractivity contribution in [3.63, 3.8) is 0 Å². The molecule has 0 aliphatic heterocycles. The van der Waals surface area contributed by atoms with E-state index in [1.54, 1.807) is 6.92 Å². The molecule has 0 saturated carbocycles. The van der Waals surface area contributed by atoms with Gasteiger partial charge < -0.3 is 10.1 Å². The van der Waals surface area contributed by atoms with Gasteiger partial charge in [0.2, 0.25) is 0 Å². The van der Waals surface area contributed by atoms with Gasteiger partial charge in [-0.2, -0.15) is 0 Å². The lowest BCUT2D eigenvalue weighted by Crippen LogP contribution is -2.11. The first-order valence-electron chi connectivity index (χ1n) is 7.54. The van der Waals surface area contributed by atoms with Crippen molar-refractivity contribution in [1.29, 1.82) is 0 Å². The van der Waals surface area contributed by atoms with Gasteiger partial charge in [-0.3, -0.25) is 4.79 Å². The Morgan fingerprint density at radius 2 is 2.00 bits per heavy atom. The highest BCUT2D eigenvalue weighted by Crippen LogP contribution is 2.18. The highest BCUT2D eigenvalue weighted by atomic mass is 32.1. The van der Waals surface area contributed by atoms with Gasteiger partial charge in [0.05, 0.1) is 12.3 Å². The van der Waals surface area contributed by atoms with Gasteiger partial charge in [0.25, 0.3) is 5.91 Å². The van der Waals surface area contributed by atoms with E-state index < -0.39 is 0 Å². The van der Waals surface area contributed by atoms with Crippen LogP contribution in [0.4, 0.5) is 5.69 Å². The number of benzene rings is 1. The van der Waals surface area contributed by atoms with E-state index in [4.69, 9.17) is 4.74 Å². The zero-order valence-electron chi connectivity index (χ0n) is 13.0. The molecule has 0 fully saturated rings. The van der Waals surface area contributed by atoms with Crippen molar-refractivity contribution < 1.29 is 9.53 Å². The van der Waals surface area contributed by atoms with Crippen LogP contribution in [0.15, 0.2) is 24.3 Å². The Labute approximate surface area is 134 Å². The van der Waals surface area contributed by atoms with Crippen molar-refractivity contribution in [2.75, 3.05) is 11.9 Å². The Kier molecular flexibility index (Phi) is 6.33. The number of anilines is 1. The average molecular weight is 319 g/mol. The molecular formula is C16H21N3O2S. The highest BCUT2D eigenvalue weighted by molar-refractivity contribution is 7.08. The Balaban J connectivity index is 1.82. The third kappa shape index (κ3) is 4.80. The number of unbranched alkanes of at least 4 members (excludes halogenated alkanes) is 3. The summed E-state index contributed by atoms with van der Waals surface area (Å²) >= 11 is 1.10. The van der Waals surface area contributed by atoms with Crippen LogP contribution in [0.3, 0.4) is 0 Å². The van der Waals surface area contributed by atoms with E-state index in [9.17, 15) is 4.79 Å². The summed E-state index contributed by atoms with van der Waals surface area (Å²) < 4.78 is 9.44. The molecular weight excluding hydrogens is 298 g/mol. The van der Waals surface area contributed by atoms with Gasteiger partial charge in [-0.25, -0.2) is 0 Å². The lowest BCUT2D eigenvalue weighted by atomic mass is 10.2. The minimum Gasteiger partial charge on any atom is -0.494 e. The van der Waals surface area contributed by atoms with E-state index in [-0.39, 0.29) is 5.91 Å². The van der Waals surface area contributed by atoms with Crippen molar-refractivity contribution in [2.24, 2.45) is 0 Å². The number of hydrogen-bond acceptors (Lipinski definition) is 5. The second-order valence-corrected chi connectivity index (χ2v) is 5.83. The Bertz CT molecular complexity index is 596. The van der Waals surface area contributed by atoms with Crippen LogP contribution in [0, 0.1) is 6.92 Å². The summed E-state index contributed by atoms with van der Waals surface area (Å²) in [7, 11) is 0. The highest BCUT2D eigenvalue weighted by Gasteiger charge is 2.13. The Morgan fingerprint density at radius 3 is 2.64 bits per heavy atom. The number of aryl methyl sites for hydroxylation is 1. The number of carbonyl (C=O) groups is 1. The minimum atomic E-state index is -0.180. The van der Waals surface area contributed by atoms with Gasteiger partial charge in [0, 0.05) is 5.69 Å². The van der Waals surface area contributed by atoms with E-state index in [0.717, 1.165) is 36.0 Å². The van der Waals surface area contributed by atoms with Crippen molar-refractivity contribution in [1.82, 2.24) is 9.59 Å². The van der Waals surface area contributed by atoms with Crippen molar-refractivity contribution in [3.8, 4) is 5.75 Å². The molecule has 2 aromatic rings. The fraction of sp³-hybridized carbons (Fsp3) is 0.438. The first kappa shape index (κ1) is 16.4. The Hall–Kier alpha value is -1.95. The molecule has 0 radical (unpaired) electrons. The maximum absolute atomic E-state index is 12.0. The number of carbonyl (C=O) groups excluding carboxylic acids is 1. The molecule has 0 spiro atoms. The second-order valence-electron chi connectivity index (χ2n) is 5.08. The molecule has 0 saturated heterocycles. The summed E-state index contributed by atoms with van der Waals surface area (Å²) in [4.78, 5) is 12.6. The van der Waals surface area contributed by atoms with Crippen LogP contribution in [0.2, 0.25) is 0 Å². The number of hydrogen-bond donors (Lipinski definition) is 1. The predicted octanol–water partition coefficient (Wildman–Crippen LogP) is 4.06. The van der Waals surface area contributed by atoms with Crippen LogP contribution in [-0.4, -0.2) is 22.1 Å². The molecule has 0 bridgehead atoms. The van der Waals surface area contributed by atoms with Gasteiger partial charge in [0.15, 0.2) is 0 Å². The molecule has 118 valence electrons. The van der Waals surface area contributed by atoms with E-state index in [2.05, 4.69) is 21.8 Å². The Morgan fingerprint density at radius 1 is 1.23 bits per heavy atom. The van der Waals surface area contributed by atoms with Crippen LogP contribution in [0.5, 0.6) is 5.75 Å². The lowest BCUT2D eigenvalue weighted by Gasteiger charge is -2.08. The largest absolute Gasteiger partial charge is 0.494 e. The summed E-state index contributed by atoms with van der Waals surface area (Å²) in [5.74, 6) is 0.644. The molecule has 5 nitrogen and oxygen atoms in total. The van der Waals surface area contributed by atoms with Crippen molar-refractivity contribution >= 4 is 23.1 Å².